The molecule has 156 valence electrons. The largest absolute Gasteiger partial charge is 0.339 e. The van der Waals surface area contributed by atoms with E-state index in [1.54, 1.807) is 17.1 Å². The van der Waals surface area contributed by atoms with Gasteiger partial charge in [-0.3, -0.25) is 9.59 Å². The molecule has 0 N–H and O–H groups in total. The maximum absolute atomic E-state index is 12.6. The van der Waals surface area contributed by atoms with E-state index in [0.717, 1.165) is 4.31 Å². The van der Waals surface area contributed by atoms with Crippen LogP contribution in [-0.4, -0.2) is 73.0 Å². The summed E-state index contributed by atoms with van der Waals surface area (Å²) in [5.41, 5.74) is 0.396. The molecule has 0 saturated carbocycles. The van der Waals surface area contributed by atoms with Crippen molar-refractivity contribution < 1.29 is 22.5 Å². The van der Waals surface area contributed by atoms with Gasteiger partial charge in [0.25, 0.3) is 11.8 Å². The maximum Gasteiger partial charge on any atom is 0.260 e. The van der Waals surface area contributed by atoms with Gasteiger partial charge in [0.1, 0.15) is 5.92 Å². The monoisotopic (exact) mass is 429 g/mol. The Morgan fingerprint density at radius 2 is 1.90 bits per heavy atom. The highest BCUT2D eigenvalue weighted by atomic mass is 32.2. The summed E-state index contributed by atoms with van der Waals surface area (Å²) >= 11 is 0. The first kappa shape index (κ1) is 20.1. The van der Waals surface area contributed by atoms with Gasteiger partial charge in [-0.1, -0.05) is 11.2 Å². The van der Waals surface area contributed by atoms with E-state index in [2.05, 4.69) is 15.1 Å². The Bertz CT molecular complexity index is 1140. The predicted molar refractivity (Wildman–Crippen MR) is 106 cm³/mol. The Morgan fingerprint density at radius 3 is 2.53 bits per heavy atom. The molecule has 11 heteroatoms. The number of amides is 2. The molecule has 1 saturated heterocycles. The van der Waals surface area contributed by atoms with Gasteiger partial charge >= 0.3 is 0 Å². The normalized spacial score (nSPS) is 19.4. The summed E-state index contributed by atoms with van der Waals surface area (Å²) in [6.45, 7) is 0.787. The number of hydrogen-bond acceptors (Lipinski definition) is 7. The number of benzene rings is 1. The van der Waals surface area contributed by atoms with E-state index in [4.69, 9.17) is 4.52 Å². The van der Waals surface area contributed by atoms with Crippen LogP contribution >= 0.6 is 0 Å². The van der Waals surface area contributed by atoms with Crippen LogP contribution in [0.5, 0.6) is 0 Å². The van der Waals surface area contributed by atoms with Crippen LogP contribution in [0.2, 0.25) is 0 Å². The van der Waals surface area contributed by atoms with Crippen LogP contribution in [0.15, 0.2) is 50.8 Å². The lowest BCUT2D eigenvalue weighted by atomic mass is 9.98. The van der Waals surface area contributed by atoms with E-state index >= 15 is 0 Å². The first-order valence-corrected chi connectivity index (χ1v) is 10.6. The molecule has 2 amide bonds. The van der Waals surface area contributed by atoms with Gasteiger partial charge in [0.2, 0.25) is 15.9 Å². The van der Waals surface area contributed by atoms with Crippen molar-refractivity contribution in [3.05, 3.63) is 53.7 Å². The highest BCUT2D eigenvalue weighted by molar-refractivity contribution is 7.89. The standard InChI is InChI=1S/C19H19N5O5S/c1-23(2)30(27,28)14-7-5-12(6-8-14)19(26)24-10-13(11-24)18-21-16(22-29-18)15-4-3-9-20-17(15)25/h3-9,13,15H,10-11H2,1-2H3. The fourth-order valence-corrected chi connectivity index (χ4v) is 4.04. The molecule has 4 rings (SSSR count). The van der Waals surface area contributed by atoms with Crippen LogP contribution < -0.4 is 0 Å². The topological polar surface area (TPSA) is 126 Å². The van der Waals surface area contributed by atoms with Crippen molar-refractivity contribution in [3.63, 3.8) is 0 Å². The second-order valence-electron chi connectivity index (χ2n) is 7.19. The van der Waals surface area contributed by atoms with Gasteiger partial charge in [-0.2, -0.15) is 4.98 Å². The fraction of sp³-hybridized carbons (Fsp3) is 0.316. The maximum atomic E-state index is 12.6. The molecule has 2 aliphatic heterocycles. The summed E-state index contributed by atoms with van der Waals surface area (Å²) in [6.07, 6.45) is 4.72. The van der Waals surface area contributed by atoms with Crippen molar-refractivity contribution in [1.29, 1.82) is 0 Å². The van der Waals surface area contributed by atoms with Gasteiger partial charge in [0.15, 0.2) is 5.82 Å². The van der Waals surface area contributed by atoms with E-state index < -0.39 is 15.9 Å². The zero-order valence-electron chi connectivity index (χ0n) is 16.3. The van der Waals surface area contributed by atoms with Gasteiger partial charge in [-0.05, 0) is 30.3 Å². The van der Waals surface area contributed by atoms with Crippen molar-refractivity contribution in [1.82, 2.24) is 19.3 Å². The average Bonchev–Trinajstić information content (AvgIpc) is 3.16. The van der Waals surface area contributed by atoms with Gasteiger partial charge in [-0.25, -0.2) is 17.7 Å². The van der Waals surface area contributed by atoms with Crippen molar-refractivity contribution in [2.24, 2.45) is 4.99 Å². The summed E-state index contributed by atoms with van der Waals surface area (Å²) in [5.74, 6) is -0.700. The summed E-state index contributed by atoms with van der Waals surface area (Å²) in [6, 6.07) is 5.83. The summed E-state index contributed by atoms with van der Waals surface area (Å²) in [7, 11) is -0.644. The number of dihydropyridines is 1. The molecule has 10 nitrogen and oxygen atoms in total. The number of rotatable bonds is 5. The van der Waals surface area contributed by atoms with Crippen LogP contribution in [0.1, 0.15) is 33.9 Å². The molecule has 1 aromatic heterocycles. The van der Waals surface area contributed by atoms with Crippen molar-refractivity contribution in [3.8, 4) is 0 Å². The molecule has 0 bridgehead atoms. The smallest absolute Gasteiger partial charge is 0.260 e. The summed E-state index contributed by atoms with van der Waals surface area (Å²) < 4.78 is 30.6. The third-order valence-corrected chi connectivity index (χ3v) is 6.82. The van der Waals surface area contributed by atoms with E-state index in [1.807, 2.05) is 0 Å². The molecule has 2 aromatic rings. The Hall–Kier alpha value is -3.18. The minimum absolute atomic E-state index is 0.116. The van der Waals surface area contributed by atoms with Crippen LogP contribution in [0.25, 0.3) is 0 Å². The van der Waals surface area contributed by atoms with Crippen LogP contribution in [-0.2, 0) is 14.8 Å². The molecule has 1 unspecified atom stereocenters. The number of hydrogen-bond donors (Lipinski definition) is 0. The molecule has 0 radical (unpaired) electrons. The highest BCUT2D eigenvalue weighted by Crippen LogP contribution is 2.29. The van der Waals surface area contributed by atoms with E-state index in [-0.39, 0.29) is 28.5 Å². The SMILES string of the molecule is CN(C)S(=O)(=O)c1ccc(C(=O)N2CC(c3nc(C4C=CC=NC4=O)no3)C2)cc1. The molecule has 0 spiro atoms. The van der Waals surface area contributed by atoms with E-state index in [0.29, 0.717) is 24.5 Å². The van der Waals surface area contributed by atoms with Crippen molar-refractivity contribution >= 4 is 28.1 Å². The zero-order valence-corrected chi connectivity index (χ0v) is 17.1. The summed E-state index contributed by atoms with van der Waals surface area (Å²) in [4.78, 5) is 34.2. The average molecular weight is 429 g/mol. The molecule has 0 aliphatic carbocycles. The Labute approximate surface area is 172 Å². The Kier molecular flexibility index (Phi) is 5.08. The highest BCUT2D eigenvalue weighted by Gasteiger charge is 2.37. The zero-order chi connectivity index (χ0) is 21.5. The van der Waals surface area contributed by atoms with Crippen molar-refractivity contribution in [2.75, 3.05) is 27.2 Å². The van der Waals surface area contributed by atoms with Crippen LogP contribution in [0.4, 0.5) is 0 Å². The van der Waals surface area contributed by atoms with Gasteiger partial charge in [0, 0.05) is 39.0 Å². The predicted octanol–water partition coefficient (Wildman–Crippen LogP) is 0.810. The minimum atomic E-state index is -3.54. The number of allylic oxidation sites excluding steroid dienone is 1. The number of sulfonamides is 1. The fourth-order valence-electron chi connectivity index (χ4n) is 3.14. The van der Waals surface area contributed by atoms with Crippen molar-refractivity contribution in [2.45, 2.75) is 16.7 Å². The molecular weight excluding hydrogens is 410 g/mol. The number of likely N-dealkylation sites (tertiary alicyclic amines) is 1. The first-order valence-electron chi connectivity index (χ1n) is 9.17. The Balaban J connectivity index is 1.39. The van der Waals surface area contributed by atoms with Crippen LogP contribution in [0, 0.1) is 0 Å². The summed E-state index contributed by atoms with van der Waals surface area (Å²) in [5, 5.41) is 3.87. The molecule has 30 heavy (non-hydrogen) atoms. The lowest BCUT2D eigenvalue weighted by molar-refractivity contribution is -0.118. The molecule has 3 heterocycles. The molecular formula is C19H19N5O5S. The Morgan fingerprint density at radius 1 is 1.20 bits per heavy atom. The second kappa shape index (κ2) is 7.58. The number of aromatic nitrogens is 2. The number of nitrogens with zero attached hydrogens (tertiary/aromatic N) is 5. The second-order valence-corrected chi connectivity index (χ2v) is 9.34. The van der Waals surface area contributed by atoms with Gasteiger partial charge in [-0.15, -0.1) is 0 Å². The first-order chi connectivity index (χ1) is 14.3. The quantitative estimate of drug-likeness (QED) is 0.688. The minimum Gasteiger partial charge on any atom is -0.339 e. The van der Waals surface area contributed by atoms with Gasteiger partial charge < -0.3 is 9.42 Å². The molecule has 1 aromatic carbocycles. The molecule has 2 aliphatic rings. The lowest BCUT2D eigenvalue weighted by Crippen LogP contribution is -2.48. The third kappa shape index (κ3) is 3.57. The number of carbonyl (C=O) groups is 2. The van der Waals surface area contributed by atoms with E-state index in [1.165, 1.54) is 44.6 Å². The van der Waals surface area contributed by atoms with Gasteiger partial charge in [0.05, 0.1) is 10.8 Å². The lowest BCUT2D eigenvalue weighted by Gasteiger charge is -2.37. The van der Waals surface area contributed by atoms with Crippen LogP contribution in [0.3, 0.4) is 0 Å². The van der Waals surface area contributed by atoms with E-state index in [9.17, 15) is 18.0 Å². The number of aliphatic imine (C=N–C) groups is 1. The number of carbonyl (C=O) groups excluding carboxylic acids is 2. The third-order valence-electron chi connectivity index (χ3n) is 4.99. The molecule has 1 atom stereocenters. The molecule has 1 fully saturated rings.